The van der Waals surface area contributed by atoms with Crippen LogP contribution in [0.1, 0.15) is 25.8 Å². The average Bonchev–Trinajstić information content (AvgIpc) is 2.74. The molecular formula is C15H21N3O3. The first kappa shape index (κ1) is 15.2. The lowest BCUT2D eigenvalue weighted by Crippen LogP contribution is -2.49. The van der Waals surface area contributed by atoms with Crippen LogP contribution in [-0.4, -0.2) is 35.0 Å². The van der Waals surface area contributed by atoms with Gasteiger partial charge in [-0.1, -0.05) is 30.3 Å². The molecule has 1 heterocycles. The second-order valence-corrected chi connectivity index (χ2v) is 5.35. The van der Waals surface area contributed by atoms with Gasteiger partial charge in [-0.2, -0.15) is 0 Å². The molecule has 6 nitrogen and oxygen atoms in total. The van der Waals surface area contributed by atoms with Gasteiger partial charge in [0, 0.05) is 12.1 Å². The molecule has 0 fully saturated rings. The summed E-state index contributed by atoms with van der Waals surface area (Å²) in [4.78, 5) is 14.5. The number of nitrogens with two attached hydrogens (primary N) is 1. The van der Waals surface area contributed by atoms with Crippen LogP contribution >= 0.6 is 0 Å². The minimum Gasteiger partial charge on any atom is -0.491 e. The number of para-hydroxylation sites is 1. The average molecular weight is 291 g/mol. The van der Waals surface area contributed by atoms with Gasteiger partial charge >= 0.3 is 0 Å². The summed E-state index contributed by atoms with van der Waals surface area (Å²) in [5, 5.41) is 12.0. The number of nitrogens with zero attached hydrogens (tertiary/aromatic N) is 2. The molecule has 0 aliphatic carbocycles. The summed E-state index contributed by atoms with van der Waals surface area (Å²) in [5.41, 5.74) is 5.68. The largest absolute Gasteiger partial charge is 0.491 e. The third-order valence-corrected chi connectivity index (χ3v) is 4.09. The van der Waals surface area contributed by atoms with Crippen molar-refractivity contribution in [2.45, 2.75) is 26.8 Å². The van der Waals surface area contributed by atoms with Crippen LogP contribution in [0.2, 0.25) is 0 Å². The van der Waals surface area contributed by atoms with E-state index in [0.29, 0.717) is 26.1 Å². The number of benzene rings is 1. The molecule has 114 valence electrons. The van der Waals surface area contributed by atoms with E-state index in [-0.39, 0.29) is 11.7 Å². The lowest BCUT2D eigenvalue weighted by molar-refractivity contribution is -0.138. The van der Waals surface area contributed by atoms with Crippen LogP contribution in [0.15, 0.2) is 29.4 Å². The van der Waals surface area contributed by atoms with Gasteiger partial charge in [-0.3, -0.25) is 4.79 Å². The van der Waals surface area contributed by atoms with E-state index in [1.807, 2.05) is 31.2 Å². The first-order valence-corrected chi connectivity index (χ1v) is 7.01. The molecule has 1 amide bonds. The first-order chi connectivity index (χ1) is 10.0. The highest BCUT2D eigenvalue weighted by atomic mass is 16.5. The van der Waals surface area contributed by atoms with Crippen molar-refractivity contribution in [1.82, 2.24) is 4.90 Å². The summed E-state index contributed by atoms with van der Waals surface area (Å²) in [6.07, 6.45) is 0.459. The highest BCUT2D eigenvalue weighted by Gasteiger charge is 2.40. The van der Waals surface area contributed by atoms with Crippen molar-refractivity contribution in [3.63, 3.8) is 0 Å². The highest BCUT2D eigenvalue weighted by molar-refractivity contribution is 6.06. The van der Waals surface area contributed by atoms with Crippen LogP contribution in [0.25, 0.3) is 0 Å². The third-order valence-electron chi connectivity index (χ3n) is 4.09. The molecule has 0 bridgehead atoms. The molecule has 0 saturated heterocycles. The third kappa shape index (κ3) is 2.79. The number of carbonyl (C=O) groups excluding carboxylic acids is 1. The number of amides is 1. The van der Waals surface area contributed by atoms with Crippen molar-refractivity contribution < 1.29 is 14.7 Å². The van der Waals surface area contributed by atoms with Gasteiger partial charge in [0.2, 0.25) is 5.91 Å². The molecule has 6 heteroatoms. The van der Waals surface area contributed by atoms with Gasteiger partial charge in [0.15, 0.2) is 5.84 Å². The maximum absolute atomic E-state index is 12.8. The van der Waals surface area contributed by atoms with Crippen molar-refractivity contribution in [3.05, 3.63) is 29.8 Å². The van der Waals surface area contributed by atoms with Crippen LogP contribution in [0, 0.1) is 5.41 Å². The Morgan fingerprint density at radius 1 is 1.52 bits per heavy atom. The Hall–Kier alpha value is -2.24. The molecular weight excluding hydrogens is 270 g/mol. The molecule has 1 aliphatic rings. The van der Waals surface area contributed by atoms with Crippen molar-refractivity contribution in [2.24, 2.45) is 16.3 Å². The van der Waals surface area contributed by atoms with Gasteiger partial charge in [0.05, 0.1) is 6.54 Å². The predicted molar refractivity (Wildman–Crippen MR) is 79.2 cm³/mol. The molecule has 0 aromatic heterocycles. The maximum atomic E-state index is 12.8. The monoisotopic (exact) mass is 291 g/mol. The molecule has 1 aromatic carbocycles. The summed E-state index contributed by atoms with van der Waals surface area (Å²) < 4.78 is 5.66. The molecule has 0 spiro atoms. The Bertz CT molecular complexity index is 559. The summed E-state index contributed by atoms with van der Waals surface area (Å²) in [6, 6.07) is 7.65. The Balaban J connectivity index is 2.28. The molecule has 21 heavy (non-hydrogen) atoms. The van der Waals surface area contributed by atoms with Gasteiger partial charge < -0.3 is 20.6 Å². The Morgan fingerprint density at radius 2 is 2.24 bits per heavy atom. The van der Waals surface area contributed by atoms with E-state index >= 15 is 0 Å². The highest BCUT2D eigenvalue weighted by Crippen LogP contribution is 2.28. The lowest BCUT2D eigenvalue weighted by Gasteiger charge is -2.32. The summed E-state index contributed by atoms with van der Waals surface area (Å²) in [6.45, 7) is 4.91. The number of fused-ring (bicyclic) bond motifs is 1. The Labute approximate surface area is 124 Å². The van der Waals surface area contributed by atoms with Crippen LogP contribution in [-0.2, 0) is 11.3 Å². The van der Waals surface area contributed by atoms with Gasteiger partial charge in [-0.15, -0.1) is 0 Å². The number of oxime groups is 1. The van der Waals surface area contributed by atoms with E-state index in [4.69, 9.17) is 15.7 Å². The zero-order valence-corrected chi connectivity index (χ0v) is 12.4. The number of carbonyl (C=O) groups is 1. The van der Waals surface area contributed by atoms with Crippen molar-refractivity contribution in [3.8, 4) is 5.75 Å². The van der Waals surface area contributed by atoms with Crippen molar-refractivity contribution >= 4 is 11.7 Å². The minimum atomic E-state index is -1.01. The molecule has 1 aliphatic heterocycles. The Morgan fingerprint density at radius 3 is 2.90 bits per heavy atom. The summed E-state index contributed by atoms with van der Waals surface area (Å²) in [5.74, 6) is 0.587. The van der Waals surface area contributed by atoms with E-state index in [0.717, 1.165) is 11.3 Å². The van der Waals surface area contributed by atoms with E-state index in [9.17, 15) is 4.79 Å². The van der Waals surface area contributed by atoms with E-state index in [1.54, 1.807) is 11.8 Å². The fraction of sp³-hybridized carbons (Fsp3) is 0.467. The second kappa shape index (κ2) is 6.03. The van der Waals surface area contributed by atoms with E-state index < -0.39 is 5.41 Å². The van der Waals surface area contributed by atoms with Gasteiger partial charge in [-0.25, -0.2) is 0 Å². The number of rotatable bonds is 3. The maximum Gasteiger partial charge on any atom is 0.236 e. The van der Waals surface area contributed by atoms with Crippen LogP contribution in [0.5, 0.6) is 5.75 Å². The fourth-order valence-corrected chi connectivity index (χ4v) is 2.40. The predicted octanol–water partition coefficient (Wildman–Crippen LogP) is 1.57. The summed E-state index contributed by atoms with van der Waals surface area (Å²) in [7, 11) is 0. The molecule has 1 unspecified atom stereocenters. The van der Waals surface area contributed by atoms with Crippen LogP contribution in [0.3, 0.4) is 0 Å². The second-order valence-electron chi connectivity index (χ2n) is 5.35. The van der Waals surface area contributed by atoms with Crippen molar-refractivity contribution in [1.29, 1.82) is 0 Å². The molecule has 0 saturated carbocycles. The topological polar surface area (TPSA) is 88.2 Å². The SMILES string of the molecule is CCC(C)(C(=O)N1CCOc2ccccc2C1)/C(N)=N/O. The van der Waals surface area contributed by atoms with Gasteiger partial charge in [0.1, 0.15) is 17.8 Å². The van der Waals surface area contributed by atoms with E-state index in [1.165, 1.54) is 0 Å². The van der Waals surface area contributed by atoms with Gasteiger partial charge in [-0.05, 0) is 19.4 Å². The first-order valence-electron chi connectivity index (χ1n) is 7.01. The summed E-state index contributed by atoms with van der Waals surface area (Å²) >= 11 is 0. The van der Waals surface area contributed by atoms with Crippen molar-refractivity contribution in [2.75, 3.05) is 13.2 Å². The zero-order valence-electron chi connectivity index (χ0n) is 12.4. The molecule has 1 aromatic rings. The normalized spacial score (nSPS) is 18.2. The molecule has 3 N–H and O–H groups in total. The van der Waals surface area contributed by atoms with Crippen LogP contribution < -0.4 is 10.5 Å². The number of hydrogen-bond acceptors (Lipinski definition) is 4. The zero-order chi connectivity index (χ0) is 15.5. The number of amidine groups is 1. The quantitative estimate of drug-likeness (QED) is 0.383. The number of hydrogen-bond donors (Lipinski definition) is 2. The smallest absolute Gasteiger partial charge is 0.236 e. The minimum absolute atomic E-state index is 0.0616. The standard InChI is InChI=1S/C15H21N3O3/c1-3-15(2,13(16)17-20)14(19)18-8-9-21-12-7-5-4-6-11(12)10-18/h4-7,20H,3,8-10H2,1-2H3,(H2,16,17). The number of ether oxygens (including phenoxy) is 1. The molecule has 0 radical (unpaired) electrons. The Kier molecular flexibility index (Phi) is 4.35. The van der Waals surface area contributed by atoms with E-state index in [2.05, 4.69) is 5.16 Å². The molecule has 2 rings (SSSR count). The lowest BCUT2D eigenvalue weighted by atomic mass is 9.84. The molecule has 1 atom stereocenters. The van der Waals surface area contributed by atoms with Gasteiger partial charge in [0.25, 0.3) is 0 Å². The van der Waals surface area contributed by atoms with Crippen LogP contribution in [0.4, 0.5) is 0 Å². The fourth-order valence-electron chi connectivity index (χ4n) is 2.40.